The molecule has 1 aliphatic heterocycles. The van der Waals surface area contributed by atoms with Crippen LogP contribution in [0.1, 0.15) is 24.4 Å². The zero-order valence-corrected chi connectivity index (χ0v) is 16.8. The number of aryl methyl sites for hydroxylation is 1. The minimum absolute atomic E-state index is 0.232. The van der Waals surface area contributed by atoms with Gasteiger partial charge in [0.25, 0.3) is 0 Å². The van der Waals surface area contributed by atoms with Crippen LogP contribution in [0.25, 0.3) is 22.1 Å². The van der Waals surface area contributed by atoms with Gasteiger partial charge in [-0.3, -0.25) is 9.67 Å². The van der Waals surface area contributed by atoms with E-state index in [1.807, 2.05) is 24.1 Å². The van der Waals surface area contributed by atoms with E-state index in [1.165, 1.54) is 5.56 Å². The lowest BCUT2D eigenvalue weighted by atomic mass is 9.86. The van der Waals surface area contributed by atoms with Crippen LogP contribution in [0.4, 0.5) is 0 Å². The molecule has 6 heteroatoms. The van der Waals surface area contributed by atoms with E-state index in [0.29, 0.717) is 5.92 Å². The highest BCUT2D eigenvalue weighted by Crippen LogP contribution is 2.40. The van der Waals surface area contributed by atoms with Crippen molar-refractivity contribution >= 4 is 38.0 Å². The predicted octanol–water partition coefficient (Wildman–Crippen LogP) is 4.70. The second kappa shape index (κ2) is 6.77. The van der Waals surface area contributed by atoms with Crippen LogP contribution in [0.3, 0.4) is 0 Å². The number of nitrogens with zero attached hydrogens (tertiary/aromatic N) is 4. The highest BCUT2D eigenvalue weighted by Gasteiger charge is 2.30. The molecule has 4 heterocycles. The van der Waals surface area contributed by atoms with E-state index in [9.17, 15) is 0 Å². The van der Waals surface area contributed by atoms with Crippen molar-refractivity contribution in [3.8, 4) is 0 Å². The summed E-state index contributed by atoms with van der Waals surface area (Å²) in [5, 5.41) is 4.53. The Kier molecular flexibility index (Phi) is 4.25. The Morgan fingerprint density at radius 3 is 2.67 bits per heavy atom. The minimum Gasteiger partial charge on any atom is -0.381 e. The fourth-order valence-corrected chi connectivity index (χ4v) is 4.73. The third-order valence-electron chi connectivity index (χ3n) is 5.63. The first-order valence-electron chi connectivity index (χ1n) is 9.34. The van der Waals surface area contributed by atoms with E-state index < -0.39 is 0 Å². The van der Waals surface area contributed by atoms with Crippen LogP contribution in [0, 0.1) is 5.92 Å². The van der Waals surface area contributed by atoms with Crippen molar-refractivity contribution in [3.63, 3.8) is 0 Å². The maximum Gasteiger partial charge on any atom is 0.114 e. The standard InChI is InChI=1S/C21H21BrN4O/c1-25-21-18(13-24-25)26(17-11-16(22)12-23-19(17)21)20(14-5-3-2-4-6-14)15-7-9-27-10-8-15/h2-6,11-13,15,20H,7-10H2,1H3/t20-/m1/s1. The molecular formula is C21H21BrN4O. The number of halogens is 1. The van der Waals surface area contributed by atoms with Gasteiger partial charge in [-0.05, 0) is 46.3 Å². The van der Waals surface area contributed by atoms with E-state index in [-0.39, 0.29) is 6.04 Å². The normalized spacial score (nSPS) is 17.0. The first kappa shape index (κ1) is 17.0. The third kappa shape index (κ3) is 2.78. The molecule has 0 unspecified atom stereocenters. The summed E-state index contributed by atoms with van der Waals surface area (Å²) in [6, 6.07) is 13.2. The van der Waals surface area contributed by atoms with E-state index >= 15 is 0 Å². The van der Waals surface area contributed by atoms with Gasteiger partial charge in [0, 0.05) is 30.9 Å². The second-order valence-electron chi connectivity index (χ2n) is 7.20. The molecule has 1 fully saturated rings. The van der Waals surface area contributed by atoms with Gasteiger partial charge in [-0.25, -0.2) is 0 Å². The summed E-state index contributed by atoms with van der Waals surface area (Å²) >= 11 is 3.61. The largest absolute Gasteiger partial charge is 0.381 e. The van der Waals surface area contributed by atoms with Gasteiger partial charge in [0.2, 0.25) is 0 Å². The van der Waals surface area contributed by atoms with E-state index in [0.717, 1.165) is 52.6 Å². The van der Waals surface area contributed by atoms with Gasteiger partial charge in [-0.15, -0.1) is 0 Å². The van der Waals surface area contributed by atoms with Crippen molar-refractivity contribution in [1.29, 1.82) is 0 Å². The van der Waals surface area contributed by atoms with Gasteiger partial charge in [-0.1, -0.05) is 30.3 Å². The molecule has 5 nitrogen and oxygen atoms in total. The number of pyridine rings is 1. The van der Waals surface area contributed by atoms with Gasteiger partial charge in [-0.2, -0.15) is 5.10 Å². The molecule has 0 spiro atoms. The highest BCUT2D eigenvalue weighted by molar-refractivity contribution is 9.10. The zero-order chi connectivity index (χ0) is 18.4. The van der Waals surface area contributed by atoms with Crippen LogP contribution in [-0.2, 0) is 11.8 Å². The fourth-order valence-electron chi connectivity index (χ4n) is 4.41. The lowest BCUT2D eigenvalue weighted by molar-refractivity contribution is 0.0553. The Balaban J connectivity index is 1.82. The number of hydrogen-bond donors (Lipinski definition) is 0. The maximum atomic E-state index is 5.66. The van der Waals surface area contributed by atoms with Crippen LogP contribution in [0.2, 0.25) is 0 Å². The molecule has 5 rings (SSSR count). The summed E-state index contributed by atoms with van der Waals surface area (Å²) in [6.45, 7) is 1.65. The molecule has 3 aromatic heterocycles. The Labute approximate surface area is 166 Å². The van der Waals surface area contributed by atoms with Crippen molar-refractivity contribution in [2.24, 2.45) is 13.0 Å². The number of rotatable bonds is 3. The van der Waals surface area contributed by atoms with Crippen molar-refractivity contribution in [3.05, 3.63) is 58.8 Å². The van der Waals surface area contributed by atoms with E-state index in [1.54, 1.807) is 0 Å². The highest BCUT2D eigenvalue weighted by atomic mass is 79.9. The average molecular weight is 425 g/mol. The lowest BCUT2D eigenvalue weighted by Gasteiger charge is -2.32. The Hall–Kier alpha value is -2.18. The van der Waals surface area contributed by atoms with E-state index in [2.05, 4.69) is 62.0 Å². The molecule has 138 valence electrons. The molecule has 1 atom stereocenters. The topological polar surface area (TPSA) is 44.9 Å². The number of aromatic nitrogens is 4. The molecule has 4 aromatic rings. The van der Waals surface area contributed by atoms with Crippen LogP contribution in [-0.4, -0.2) is 32.5 Å². The smallest absolute Gasteiger partial charge is 0.114 e. The molecule has 0 saturated carbocycles. The SMILES string of the molecule is Cn1ncc2c1c1ncc(Br)cc1n2[C@H](c1ccccc1)C1CCOCC1. The summed E-state index contributed by atoms with van der Waals surface area (Å²) in [5.74, 6) is 0.513. The molecule has 1 aromatic carbocycles. The number of fused-ring (bicyclic) bond motifs is 3. The zero-order valence-electron chi connectivity index (χ0n) is 15.2. The minimum atomic E-state index is 0.232. The van der Waals surface area contributed by atoms with Gasteiger partial charge in [0.15, 0.2) is 0 Å². The monoisotopic (exact) mass is 424 g/mol. The number of benzene rings is 1. The first-order chi connectivity index (χ1) is 13.2. The van der Waals surface area contributed by atoms with Crippen LogP contribution in [0.15, 0.2) is 53.3 Å². The summed E-state index contributed by atoms with van der Waals surface area (Å²) < 4.78 is 11.0. The summed E-state index contributed by atoms with van der Waals surface area (Å²) in [4.78, 5) is 4.73. The third-order valence-corrected chi connectivity index (χ3v) is 6.06. The molecule has 0 aliphatic carbocycles. The summed E-state index contributed by atoms with van der Waals surface area (Å²) in [5.41, 5.74) is 5.70. The van der Waals surface area contributed by atoms with Gasteiger partial charge < -0.3 is 9.30 Å². The predicted molar refractivity (Wildman–Crippen MR) is 110 cm³/mol. The summed E-state index contributed by atoms with van der Waals surface area (Å²) in [6.07, 6.45) is 5.95. The van der Waals surface area contributed by atoms with Gasteiger partial charge in [0.05, 0.1) is 23.3 Å². The molecular weight excluding hydrogens is 404 g/mol. The molecule has 0 N–H and O–H groups in total. The molecule has 1 aliphatic rings. The lowest BCUT2D eigenvalue weighted by Crippen LogP contribution is -2.26. The fraction of sp³-hybridized carbons (Fsp3) is 0.333. The molecule has 0 amide bonds. The number of ether oxygens (including phenoxy) is 1. The van der Waals surface area contributed by atoms with Gasteiger partial charge in [0.1, 0.15) is 11.0 Å². The first-order valence-corrected chi connectivity index (χ1v) is 10.1. The van der Waals surface area contributed by atoms with Crippen LogP contribution >= 0.6 is 15.9 Å². The molecule has 0 bridgehead atoms. The Bertz CT molecular complexity index is 1100. The Morgan fingerprint density at radius 1 is 1.11 bits per heavy atom. The average Bonchev–Trinajstić information content (AvgIpc) is 3.22. The molecule has 1 saturated heterocycles. The van der Waals surface area contributed by atoms with Crippen molar-refractivity contribution < 1.29 is 4.74 Å². The molecule has 27 heavy (non-hydrogen) atoms. The van der Waals surface area contributed by atoms with Gasteiger partial charge >= 0.3 is 0 Å². The van der Waals surface area contributed by atoms with Crippen LogP contribution < -0.4 is 0 Å². The second-order valence-corrected chi connectivity index (χ2v) is 8.11. The Morgan fingerprint density at radius 2 is 1.89 bits per heavy atom. The number of hydrogen-bond acceptors (Lipinski definition) is 3. The molecule has 0 radical (unpaired) electrons. The van der Waals surface area contributed by atoms with Crippen molar-refractivity contribution in [2.75, 3.05) is 13.2 Å². The summed E-state index contributed by atoms with van der Waals surface area (Å²) in [7, 11) is 1.99. The van der Waals surface area contributed by atoms with Crippen molar-refractivity contribution in [1.82, 2.24) is 19.3 Å². The van der Waals surface area contributed by atoms with E-state index in [4.69, 9.17) is 9.72 Å². The van der Waals surface area contributed by atoms with Crippen molar-refractivity contribution in [2.45, 2.75) is 18.9 Å². The quantitative estimate of drug-likeness (QED) is 0.478. The maximum absolute atomic E-state index is 5.66. The van der Waals surface area contributed by atoms with Crippen LogP contribution in [0.5, 0.6) is 0 Å².